The molecular formula is C6H6N5. The molecule has 0 aliphatic carbocycles. The maximum absolute atomic E-state index is 4.08. The molecule has 1 aliphatic rings. The highest BCUT2D eigenvalue weighted by molar-refractivity contribution is 5.58. The van der Waals surface area contributed by atoms with Gasteiger partial charge in [-0.05, 0) is 5.22 Å². The van der Waals surface area contributed by atoms with E-state index in [2.05, 4.69) is 20.7 Å². The van der Waals surface area contributed by atoms with Crippen molar-refractivity contribution in [1.29, 1.82) is 0 Å². The van der Waals surface area contributed by atoms with Crippen LogP contribution in [0, 0.1) is 0 Å². The predicted octanol–water partition coefficient (Wildman–Crippen LogP) is 0.704. The van der Waals surface area contributed by atoms with Crippen molar-refractivity contribution in [1.82, 2.24) is 15.0 Å². The molecule has 5 heteroatoms. The molecule has 2 rings (SSSR count). The largest absolute Gasteiger partial charge is 0.333 e. The lowest BCUT2D eigenvalue weighted by atomic mass is 10.4. The first kappa shape index (κ1) is 6.09. The third kappa shape index (κ3) is 0.899. The number of hydrogen-bond acceptors (Lipinski definition) is 3. The van der Waals surface area contributed by atoms with Crippen molar-refractivity contribution in [3.05, 3.63) is 24.4 Å². The number of nitrogens with zero attached hydrogens (tertiary/aromatic N) is 5. The number of imidazole rings is 1. The molecule has 1 aromatic rings. The molecule has 0 fully saturated rings. The maximum atomic E-state index is 4.08. The van der Waals surface area contributed by atoms with E-state index in [1.165, 1.54) is 0 Å². The molecule has 0 saturated heterocycles. The van der Waals surface area contributed by atoms with E-state index in [1.54, 1.807) is 12.4 Å². The van der Waals surface area contributed by atoms with Gasteiger partial charge in [-0.3, -0.25) is 0 Å². The summed E-state index contributed by atoms with van der Waals surface area (Å²) in [5, 5.41) is 7.24. The Morgan fingerprint density at radius 2 is 2.36 bits per heavy atom. The van der Waals surface area contributed by atoms with Gasteiger partial charge in [0.2, 0.25) is 0 Å². The van der Waals surface area contributed by atoms with E-state index >= 15 is 0 Å². The lowest BCUT2D eigenvalue weighted by molar-refractivity contribution is 0.881. The Labute approximate surface area is 63.4 Å². The van der Waals surface area contributed by atoms with Crippen LogP contribution in [0.1, 0.15) is 5.82 Å². The molecule has 0 aromatic carbocycles. The first-order valence-corrected chi connectivity index (χ1v) is 3.16. The van der Waals surface area contributed by atoms with Crippen LogP contribution in [0.15, 0.2) is 28.9 Å². The topological polar surface area (TPSA) is 56.6 Å². The van der Waals surface area contributed by atoms with Gasteiger partial charge < -0.3 is 4.57 Å². The number of hydrogen-bond donors (Lipinski definition) is 0. The van der Waals surface area contributed by atoms with Crippen LogP contribution >= 0.6 is 0 Å². The number of aryl methyl sites for hydroxylation is 1. The molecule has 0 spiro atoms. The highest BCUT2D eigenvalue weighted by atomic mass is 15.4. The molecule has 5 nitrogen and oxygen atoms in total. The minimum Gasteiger partial charge on any atom is -0.333 e. The average Bonchev–Trinajstić information content (AvgIpc) is 2.55. The molecule has 0 bridgehead atoms. The van der Waals surface area contributed by atoms with Crippen LogP contribution in [0.3, 0.4) is 0 Å². The Hall–Kier alpha value is -1.65. The highest BCUT2D eigenvalue weighted by Crippen LogP contribution is 2.15. The van der Waals surface area contributed by atoms with Crippen LogP contribution in [0.2, 0.25) is 0 Å². The summed E-state index contributed by atoms with van der Waals surface area (Å²) in [5.41, 5.74) is 4.31. The Balaban J connectivity index is 2.43. The Morgan fingerprint density at radius 1 is 1.45 bits per heavy atom. The Morgan fingerprint density at radius 3 is 2.91 bits per heavy atom. The van der Waals surface area contributed by atoms with Gasteiger partial charge in [-0.2, -0.15) is 0 Å². The van der Waals surface area contributed by atoms with Gasteiger partial charge in [0.25, 0.3) is 0 Å². The summed E-state index contributed by atoms with van der Waals surface area (Å²) in [7, 11) is 1.90. The summed E-state index contributed by atoms with van der Waals surface area (Å²) in [6.45, 7) is 0. The van der Waals surface area contributed by atoms with Crippen molar-refractivity contribution < 1.29 is 0 Å². The molecule has 1 radical (unpaired) electrons. The van der Waals surface area contributed by atoms with Gasteiger partial charge in [0.05, 0.1) is 6.20 Å². The van der Waals surface area contributed by atoms with Crippen LogP contribution in [0.5, 0.6) is 0 Å². The van der Waals surface area contributed by atoms with E-state index in [4.69, 9.17) is 0 Å². The van der Waals surface area contributed by atoms with Crippen molar-refractivity contribution in [2.45, 2.75) is 0 Å². The van der Waals surface area contributed by atoms with Crippen LogP contribution in [0.25, 0.3) is 5.70 Å². The minimum atomic E-state index is 0.706. The second kappa shape index (κ2) is 2.19. The zero-order valence-corrected chi connectivity index (χ0v) is 5.97. The molecule has 11 heavy (non-hydrogen) atoms. The number of rotatable bonds is 1. The van der Waals surface area contributed by atoms with Gasteiger partial charge in [0.1, 0.15) is 0 Å². The van der Waals surface area contributed by atoms with E-state index in [0.717, 1.165) is 5.82 Å². The zero-order chi connectivity index (χ0) is 7.68. The smallest absolute Gasteiger partial charge is 0.162 e. The molecule has 55 valence electrons. The molecule has 0 atom stereocenters. The van der Waals surface area contributed by atoms with E-state index in [0.29, 0.717) is 5.70 Å². The standard InChI is InChI=1S/C6H6N5/c1-11-3-2-7-6(11)5-4-8-10-9-5/h2-4H,1H3. The fraction of sp³-hybridized carbons (Fsp3) is 0.167. The average molecular weight is 148 g/mol. The monoisotopic (exact) mass is 148 g/mol. The van der Waals surface area contributed by atoms with E-state index in [9.17, 15) is 0 Å². The molecular weight excluding hydrogens is 142 g/mol. The van der Waals surface area contributed by atoms with Crippen LogP contribution in [-0.2, 0) is 7.05 Å². The summed E-state index contributed by atoms with van der Waals surface area (Å²) in [6.07, 6.45) is 5.15. The van der Waals surface area contributed by atoms with E-state index in [1.807, 2.05) is 17.8 Å². The van der Waals surface area contributed by atoms with Gasteiger partial charge in [-0.25, -0.2) is 4.98 Å². The van der Waals surface area contributed by atoms with Crippen molar-refractivity contribution >= 4 is 5.70 Å². The van der Waals surface area contributed by atoms with E-state index < -0.39 is 0 Å². The Bertz CT molecular complexity index is 321. The van der Waals surface area contributed by atoms with Gasteiger partial charge in [0, 0.05) is 19.4 Å². The van der Waals surface area contributed by atoms with Crippen molar-refractivity contribution in [3.8, 4) is 0 Å². The minimum absolute atomic E-state index is 0.706. The first-order chi connectivity index (χ1) is 5.38. The predicted molar refractivity (Wildman–Crippen MR) is 38.2 cm³/mol. The molecule has 0 unspecified atom stereocenters. The van der Waals surface area contributed by atoms with Crippen LogP contribution in [-0.4, -0.2) is 9.55 Å². The van der Waals surface area contributed by atoms with Crippen molar-refractivity contribution in [2.75, 3.05) is 0 Å². The lowest BCUT2D eigenvalue weighted by Gasteiger charge is -1.94. The SMILES string of the molecule is Cn1ccnc1C1=C[N]N=N1. The lowest BCUT2D eigenvalue weighted by Crippen LogP contribution is -1.93. The van der Waals surface area contributed by atoms with Crippen LogP contribution < -0.4 is 5.43 Å². The fourth-order valence-corrected chi connectivity index (χ4v) is 0.895. The van der Waals surface area contributed by atoms with Crippen molar-refractivity contribution in [2.24, 2.45) is 17.4 Å². The Kier molecular flexibility index (Phi) is 1.21. The molecule has 0 N–H and O–H groups in total. The zero-order valence-electron chi connectivity index (χ0n) is 5.97. The highest BCUT2D eigenvalue weighted by Gasteiger charge is 2.09. The first-order valence-electron chi connectivity index (χ1n) is 3.16. The van der Waals surface area contributed by atoms with Gasteiger partial charge in [-0.1, -0.05) is 0 Å². The molecule has 1 aliphatic heterocycles. The quantitative estimate of drug-likeness (QED) is 0.578. The summed E-state index contributed by atoms with van der Waals surface area (Å²) in [6, 6.07) is 0. The molecule has 2 heterocycles. The molecule has 0 amide bonds. The second-order valence-electron chi connectivity index (χ2n) is 2.18. The summed E-state index contributed by atoms with van der Waals surface area (Å²) < 4.78 is 1.87. The molecule has 0 saturated carbocycles. The summed E-state index contributed by atoms with van der Waals surface area (Å²) in [5.74, 6) is 0.787. The third-order valence-corrected chi connectivity index (χ3v) is 1.43. The summed E-state index contributed by atoms with van der Waals surface area (Å²) in [4.78, 5) is 4.08. The van der Waals surface area contributed by atoms with Gasteiger partial charge >= 0.3 is 0 Å². The maximum Gasteiger partial charge on any atom is 0.162 e. The molecule has 1 aromatic heterocycles. The summed E-state index contributed by atoms with van der Waals surface area (Å²) >= 11 is 0. The van der Waals surface area contributed by atoms with Gasteiger partial charge in [-0.15, -0.1) is 10.5 Å². The van der Waals surface area contributed by atoms with Gasteiger partial charge in [0.15, 0.2) is 11.5 Å². The second-order valence-corrected chi connectivity index (χ2v) is 2.18. The van der Waals surface area contributed by atoms with Crippen LogP contribution in [0.4, 0.5) is 0 Å². The fourth-order valence-electron chi connectivity index (χ4n) is 0.895. The van der Waals surface area contributed by atoms with E-state index in [-0.39, 0.29) is 0 Å². The normalized spacial score (nSPS) is 14.8. The van der Waals surface area contributed by atoms with Crippen molar-refractivity contribution in [3.63, 3.8) is 0 Å². The number of aromatic nitrogens is 2. The third-order valence-electron chi connectivity index (χ3n) is 1.43.